The minimum Gasteiger partial charge on any atom is -0.317 e. The Morgan fingerprint density at radius 3 is 2.44 bits per heavy atom. The quantitative estimate of drug-likeness (QED) is 0.775. The first kappa shape index (κ1) is 13.5. The lowest BCUT2D eigenvalue weighted by molar-refractivity contribution is 0.139. The van der Waals surface area contributed by atoms with Crippen molar-refractivity contribution in [3.05, 3.63) is 0 Å². The summed E-state index contributed by atoms with van der Waals surface area (Å²) in [6, 6.07) is 3.00. The maximum atomic E-state index is 9.17. The van der Waals surface area contributed by atoms with Crippen LogP contribution in [-0.4, -0.2) is 36.6 Å². The molecule has 0 aliphatic carbocycles. The average molecular weight is 223 g/mol. The number of nitriles is 1. The van der Waals surface area contributed by atoms with Crippen LogP contribution in [0.1, 0.15) is 40.0 Å². The van der Waals surface area contributed by atoms with Crippen molar-refractivity contribution in [2.75, 3.05) is 19.6 Å². The largest absolute Gasteiger partial charge is 0.317 e. The van der Waals surface area contributed by atoms with Crippen molar-refractivity contribution < 1.29 is 0 Å². The third-order valence-corrected chi connectivity index (χ3v) is 3.53. The van der Waals surface area contributed by atoms with Gasteiger partial charge in [0.2, 0.25) is 0 Å². The van der Waals surface area contributed by atoms with Gasteiger partial charge in [-0.15, -0.1) is 0 Å². The highest BCUT2D eigenvalue weighted by Gasteiger charge is 2.23. The molecule has 0 spiro atoms. The molecule has 0 aromatic carbocycles. The molecule has 1 atom stereocenters. The highest BCUT2D eigenvalue weighted by atomic mass is 15.2. The van der Waals surface area contributed by atoms with Gasteiger partial charge in [-0.1, -0.05) is 6.92 Å². The summed E-state index contributed by atoms with van der Waals surface area (Å²) in [4.78, 5) is 2.37. The monoisotopic (exact) mass is 223 g/mol. The summed E-state index contributed by atoms with van der Waals surface area (Å²) in [6.45, 7) is 9.86. The number of nitrogens with zero attached hydrogens (tertiary/aromatic N) is 2. The molecule has 0 aromatic heterocycles. The van der Waals surface area contributed by atoms with Gasteiger partial charge in [0.1, 0.15) is 0 Å². The number of piperidine rings is 1. The average Bonchev–Trinajstić information content (AvgIpc) is 2.30. The maximum absolute atomic E-state index is 9.17. The Kier molecular flexibility index (Phi) is 5.79. The first-order chi connectivity index (χ1) is 7.69. The highest BCUT2D eigenvalue weighted by molar-refractivity contribution is 4.93. The first-order valence-corrected chi connectivity index (χ1v) is 6.55. The third-order valence-electron chi connectivity index (χ3n) is 3.53. The van der Waals surface area contributed by atoms with Crippen LogP contribution in [0.4, 0.5) is 0 Å². The Morgan fingerprint density at radius 1 is 1.38 bits per heavy atom. The van der Waals surface area contributed by atoms with Crippen molar-refractivity contribution in [3.63, 3.8) is 0 Å². The molecule has 1 saturated heterocycles. The molecule has 1 heterocycles. The van der Waals surface area contributed by atoms with E-state index in [0.717, 1.165) is 32.0 Å². The zero-order valence-corrected chi connectivity index (χ0v) is 10.9. The molecule has 0 aromatic rings. The van der Waals surface area contributed by atoms with Gasteiger partial charge in [-0.2, -0.15) is 5.26 Å². The maximum Gasteiger partial charge on any atom is 0.0977 e. The lowest BCUT2D eigenvalue weighted by Crippen LogP contribution is -2.44. The number of rotatable bonds is 5. The zero-order chi connectivity index (χ0) is 12.0. The second kappa shape index (κ2) is 6.88. The predicted molar refractivity (Wildman–Crippen MR) is 67.1 cm³/mol. The SMILES string of the molecule is CCC(C#N)N(CC1CCNCC1)C(C)C. The van der Waals surface area contributed by atoms with Crippen LogP contribution in [0.15, 0.2) is 0 Å². The molecule has 0 bridgehead atoms. The summed E-state index contributed by atoms with van der Waals surface area (Å²) in [6.07, 6.45) is 3.44. The van der Waals surface area contributed by atoms with Crippen molar-refractivity contribution in [2.24, 2.45) is 5.92 Å². The summed E-state index contributed by atoms with van der Waals surface area (Å²) >= 11 is 0. The Balaban J connectivity index is 2.53. The van der Waals surface area contributed by atoms with Crippen molar-refractivity contribution in [1.82, 2.24) is 10.2 Å². The number of hydrogen-bond acceptors (Lipinski definition) is 3. The van der Waals surface area contributed by atoms with Gasteiger partial charge >= 0.3 is 0 Å². The predicted octanol–water partition coefficient (Wildman–Crippen LogP) is 2.00. The Hall–Kier alpha value is -0.590. The molecular formula is C13H25N3. The van der Waals surface area contributed by atoms with E-state index in [1.165, 1.54) is 12.8 Å². The van der Waals surface area contributed by atoms with E-state index in [-0.39, 0.29) is 6.04 Å². The van der Waals surface area contributed by atoms with Crippen molar-refractivity contribution in [3.8, 4) is 6.07 Å². The molecular weight excluding hydrogens is 198 g/mol. The van der Waals surface area contributed by atoms with Crippen LogP contribution in [0.3, 0.4) is 0 Å². The van der Waals surface area contributed by atoms with Gasteiger partial charge in [0.15, 0.2) is 0 Å². The van der Waals surface area contributed by atoms with Crippen molar-refractivity contribution in [1.29, 1.82) is 5.26 Å². The van der Waals surface area contributed by atoms with Crippen LogP contribution in [0.2, 0.25) is 0 Å². The zero-order valence-electron chi connectivity index (χ0n) is 10.9. The molecule has 3 heteroatoms. The standard InChI is InChI=1S/C13H25N3/c1-4-13(9-14)16(11(2)3)10-12-5-7-15-8-6-12/h11-13,15H,4-8,10H2,1-3H3. The van der Waals surface area contributed by atoms with E-state index in [4.69, 9.17) is 0 Å². The lowest BCUT2D eigenvalue weighted by Gasteiger charge is -2.35. The van der Waals surface area contributed by atoms with Gasteiger partial charge in [0.05, 0.1) is 12.1 Å². The Labute approximate surface area is 99.8 Å². The van der Waals surface area contributed by atoms with E-state index in [9.17, 15) is 5.26 Å². The van der Waals surface area contributed by atoms with E-state index < -0.39 is 0 Å². The van der Waals surface area contributed by atoms with Gasteiger partial charge in [-0.3, -0.25) is 4.90 Å². The molecule has 0 saturated carbocycles. The van der Waals surface area contributed by atoms with Crippen LogP contribution in [0.25, 0.3) is 0 Å². The van der Waals surface area contributed by atoms with Gasteiger partial charge in [-0.25, -0.2) is 0 Å². The summed E-state index contributed by atoms with van der Waals surface area (Å²) in [5.74, 6) is 0.769. The van der Waals surface area contributed by atoms with E-state index in [1.807, 2.05) is 0 Å². The fourth-order valence-electron chi connectivity index (χ4n) is 2.46. The van der Waals surface area contributed by atoms with Gasteiger partial charge < -0.3 is 5.32 Å². The minimum atomic E-state index is 0.0925. The van der Waals surface area contributed by atoms with Gasteiger partial charge in [0, 0.05) is 12.6 Å². The smallest absolute Gasteiger partial charge is 0.0977 e. The molecule has 3 nitrogen and oxygen atoms in total. The van der Waals surface area contributed by atoms with E-state index >= 15 is 0 Å². The molecule has 92 valence electrons. The Morgan fingerprint density at radius 2 is 2.00 bits per heavy atom. The fourth-order valence-corrected chi connectivity index (χ4v) is 2.46. The molecule has 1 aliphatic rings. The molecule has 1 N–H and O–H groups in total. The first-order valence-electron chi connectivity index (χ1n) is 6.55. The van der Waals surface area contributed by atoms with E-state index in [0.29, 0.717) is 6.04 Å². The van der Waals surface area contributed by atoms with Crippen LogP contribution in [-0.2, 0) is 0 Å². The number of hydrogen-bond donors (Lipinski definition) is 1. The van der Waals surface area contributed by atoms with Crippen LogP contribution < -0.4 is 5.32 Å². The fraction of sp³-hybridized carbons (Fsp3) is 0.923. The normalized spacial score (nSPS) is 20.0. The molecule has 16 heavy (non-hydrogen) atoms. The summed E-state index contributed by atoms with van der Waals surface area (Å²) in [7, 11) is 0. The van der Waals surface area contributed by atoms with E-state index in [1.54, 1.807) is 0 Å². The molecule has 0 radical (unpaired) electrons. The highest BCUT2D eigenvalue weighted by Crippen LogP contribution is 2.18. The lowest BCUT2D eigenvalue weighted by atomic mass is 9.96. The molecule has 1 fully saturated rings. The minimum absolute atomic E-state index is 0.0925. The van der Waals surface area contributed by atoms with Crippen LogP contribution in [0.5, 0.6) is 0 Å². The van der Waals surface area contributed by atoms with Gasteiger partial charge in [-0.05, 0) is 52.1 Å². The molecule has 0 amide bonds. The summed E-state index contributed by atoms with van der Waals surface area (Å²) in [5, 5.41) is 12.6. The molecule has 1 unspecified atom stereocenters. The topological polar surface area (TPSA) is 39.1 Å². The van der Waals surface area contributed by atoms with Crippen LogP contribution >= 0.6 is 0 Å². The second-order valence-electron chi connectivity index (χ2n) is 5.04. The molecule has 1 rings (SSSR count). The van der Waals surface area contributed by atoms with Crippen LogP contribution in [0, 0.1) is 17.2 Å². The summed E-state index contributed by atoms with van der Waals surface area (Å²) in [5.41, 5.74) is 0. The molecule has 1 aliphatic heterocycles. The second-order valence-corrected chi connectivity index (χ2v) is 5.04. The third kappa shape index (κ3) is 3.77. The Bertz CT molecular complexity index is 226. The van der Waals surface area contributed by atoms with Crippen molar-refractivity contribution >= 4 is 0 Å². The van der Waals surface area contributed by atoms with Gasteiger partial charge in [0.25, 0.3) is 0 Å². The summed E-state index contributed by atoms with van der Waals surface area (Å²) < 4.78 is 0. The van der Waals surface area contributed by atoms with E-state index in [2.05, 4.69) is 37.1 Å². The number of nitrogens with one attached hydrogen (secondary N) is 1. The van der Waals surface area contributed by atoms with Crippen molar-refractivity contribution in [2.45, 2.75) is 52.1 Å².